The predicted octanol–water partition coefficient (Wildman–Crippen LogP) is -2.77. The van der Waals surface area contributed by atoms with Gasteiger partial charge in [-0.2, -0.15) is 0 Å². The van der Waals surface area contributed by atoms with Crippen LogP contribution in [0.1, 0.15) is 0 Å². The number of hydrogen-bond donors (Lipinski definition) is 0. The van der Waals surface area contributed by atoms with E-state index in [0.29, 0.717) is 0 Å². The van der Waals surface area contributed by atoms with Gasteiger partial charge in [0.2, 0.25) is 0 Å². The average Bonchev–Trinajstić information content (AvgIpc) is 1.84. The average molecular weight is 243 g/mol. The number of rotatable bonds is 1. The predicted molar refractivity (Wildman–Crippen MR) is 32.8 cm³/mol. The van der Waals surface area contributed by atoms with E-state index in [0.717, 1.165) is 0 Å². The molecule has 0 atom stereocenters. The number of urea groups is 1. The first-order valence-corrected chi connectivity index (χ1v) is 5.66. The van der Waals surface area contributed by atoms with Crippen LogP contribution in [0.3, 0.4) is 0 Å². The van der Waals surface area contributed by atoms with Crippen LogP contribution >= 0.6 is 0 Å². The van der Waals surface area contributed by atoms with E-state index in [1.165, 1.54) is 0 Å². The summed E-state index contributed by atoms with van der Waals surface area (Å²) in [5, 5.41) is 0. The third kappa shape index (κ3) is 2.88. The Balaban J connectivity index is 3.73. The Kier molecular flexibility index (Phi) is 3.92. The normalized spacial score (nSPS) is 9.33. The summed E-state index contributed by atoms with van der Waals surface area (Å²) in [4.78, 5) is 14.6. The van der Waals surface area contributed by atoms with Crippen molar-refractivity contribution in [2.75, 3.05) is 26.1 Å². The summed E-state index contributed by atoms with van der Waals surface area (Å²) in [6.45, 7) is 0. The molecule has 0 bridgehead atoms. The van der Waals surface area contributed by atoms with Gasteiger partial charge in [-0.25, -0.2) is 0 Å². The van der Waals surface area contributed by atoms with Crippen molar-refractivity contribution in [2.24, 2.45) is 0 Å². The molecule has 0 aliphatic rings. The van der Waals surface area contributed by atoms with Gasteiger partial charge in [-0.1, -0.05) is 0 Å². The summed E-state index contributed by atoms with van der Waals surface area (Å²) < 4.78 is 1.76. The Labute approximate surface area is 66.6 Å². The summed E-state index contributed by atoms with van der Waals surface area (Å²) in [7, 11) is 5.35. The van der Waals surface area contributed by atoms with E-state index in [1.54, 1.807) is 22.1 Å². The number of halogens is 1. The van der Waals surface area contributed by atoms with Crippen LogP contribution in [0.5, 0.6) is 0 Å². The van der Waals surface area contributed by atoms with Gasteiger partial charge < -0.3 is 0 Å². The van der Waals surface area contributed by atoms with Gasteiger partial charge in [-0.05, 0) is 0 Å². The molecule has 0 aliphatic heterocycles. The molecular weight excluding hydrogens is 231 g/mol. The number of carbonyl (C=O) groups is 1. The van der Waals surface area contributed by atoms with Crippen LogP contribution in [-0.4, -0.2) is 40.1 Å². The molecule has 0 fully saturated rings. The number of amides is 2. The van der Waals surface area contributed by atoms with Crippen molar-refractivity contribution in [1.29, 1.82) is 0 Å². The molecule has 0 unspecified atom stereocenters. The molecule has 3 nitrogen and oxygen atoms in total. The summed E-state index contributed by atoms with van der Waals surface area (Å²) in [5.74, 6) is 0. The van der Waals surface area contributed by atoms with Crippen molar-refractivity contribution in [2.45, 2.75) is 0 Å². The molecule has 0 spiro atoms. The number of carbonyl (C=O) groups excluding carboxylic acids is 1. The Morgan fingerprint density at radius 2 is 1.78 bits per heavy atom. The number of alkyl halides is 1. The van der Waals surface area contributed by atoms with E-state index in [4.69, 9.17) is 0 Å². The first-order chi connectivity index (χ1) is 4.09. The number of hydrogen-bond acceptors (Lipinski definition) is 1. The van der Waals surface area contributed by atoms with Crippen LogP contribution in [0.4, 0.5) is 4.79 Å². The third-order valence-electron chi connectivity index (χ3n) is 0.900. The monoisotopic (exact) mass is 243 g/mol. The van der Waals surface area contributed by atoms with Crippen LogP contribution in [-0.2, 0) is 0 Å². The van der Waals surface area contributed by atoms with Gasteiger partial charge in [0.1, 0.15) is 0 Å². The molecule has 0 N–H and O–H groups in total. The van der Waals surface area contributed by atoms with Crippen molar-refractivity contribution in [3.05, 3.63) is 0 Å². The Morgan fingerprint density at radius 3 is 1.89 bits per heavy atom. The fourth-order valence-electron chi connectivity index (χ4n) is 0.348. The zero-order chi connectivity index (χ0) is 7.44. The number of nitrogens with zero attached hydrogens (tertiary/aromatic N) is 2. The van der Waals surface area contributed by atoms with Gasteiger partial charge in [0.15, 0.2) is 0 Å². The van der Waals surface area contributed by atoms with E-state index in [1.807, 2.05) is 7.05 Å². The second-order valence-corrected chi connectivity index (χ2v) is 4.24. The van der Waals surface area contributed by atoms with Gasteiger partial charge in [-0.3, -0.25) is 0 Å². The summed E-state index contributed by atoms with van der Waals surface area (Å²) in [5.41, 5.74) is 0. The SMILES string of the molecule is C[I-]N(C)C(=O)N(C)C. The van der Waals surface area contributed by atoms with Gasteiger partial charge >= 0.3 is 66.4 Å². The molecule has 56 valence electrons. The molecule has 4 heteroatoms. The van der Waals surface area contributed by atoms with Crippen molar-refractivity contribution in [3.63, 3.8) is 0 Å². The molecular formula is C5H12IN2O-. The molecule has 0 aliphatic carbocycles. The first kappa shape index (κ1) is 9.00. The van der Waals surface area contributed by atoms with Crippen molar-refractivity contribution < 1.29 is 26.3 Å². The Morgan fingerprint density at radius 1 is 1.33 bits per heavy atom. The topological polar surface area (TPSA) is 23.6 Å². The molecule has 0 saturated heterocycles. The Hall–Kier alpha value is 0. The van der Waals surface area contributed by atoms with E-state index < -0.39 is 0 Å². The zero-order valence-electron chi connectivity index (χ0n) is 6.18. The van der Waals surface area contributed by atoms with Crippen LogP contribution in [0, 0.1) is 0 Å². The molecule has 0 rings (SSSR count). The van der Waals surface area contributed by atoms with Crippen LogP contribution in [0.2, 0.25) is 0 Å². The molecule has 0 radical (unpaired) electrons. The summed E-state index contributed by atoms with van der Waals surface area (Å²) in [6.07, 6.45) is 0. The van der Waals surface area contributed by atoms with Crippen LogP contribution < -0.4 is 21.5 Å². The third-order valence-corrected chi connectivity index (χ3v) is 2.76. The van der Waals surface area contributed by atoms with E-state index in [9.17, 15) is 4.79 Å². The zero-order valence-corrected chi connectivity index (χ0v) is 8.34. The fourth-order valence-corrected chi connectivity index (χ4v) is 1.19. The fraction of sp³-hybridized carbons (Fsp3) is 0.800. The standard InChI is InChI=1S/C5H12IN2O/c1-6-8(4)5(9)7(2)3/h1-4H3/q-1. The van der Waals surface area contributed by atoms with Gasteiger partial charge in [0, 0.05) is 0 Å². The van der Waals surface area contributed by atoms with Crippen molar-refractivity contribution >= 4 is 6.03 Å². The first-order valence-electron chi connectivity index (χ1n) is 2.54. The molecule has 0 aromatic rings. The molecule has 0 heterocycles. The van der Waals surface area contributed by atoms with E-state index >= 15 is 0 Å². The quantitative estimate of drug-likeness (QED) is 0.278. The van der Waals surface area contributed by atoms with Gasteiger partial charge in [0.05, 0.1) is 0 Å². The van der Waals surface area contributed by atoms with Crippen molar-refractivity contribution in [1.82, 2.24) is 8.01 Å². The maximum atomic E-state index is 11.0. The van der Waals surface area contributed by atoms with Crippen molar-refractivity contribution in [3.8, 4) is 0 Å². The second kappa shape index (κ2) is 3.92. The molecule has 0 saturated carbocycles. The minimum atomic E-state index is -0.0871. The second-order valence-electron chi connectivity index (χ2n) is 1.82. The van der Waals surface area contributed by atoms with E-state index in [2.05, 4.69) is 4.93 Å². The van der Waals surface area contributed by atoms with Gasteiger partial charge in [0.25, 0.3) is 0 Å². The van der Waals surface area contributed by atoms with Crippen LogP contribution in [0.25, 0.3) is 0 Å². The summed E-state index contributed by atoms with van der Waals surface area (Å²) in [6, 6.07) is 0.102. The Bertz CT molecular complexity index is 105. The molecule has 0 aromatic carbocycles. The molecule has 2 amide bonds. The van der Waals surface area contributed by atoms with E-state index in [-0.39, 0.29) is 27.5 Å². The maximum absolute atomic E-state index is 11.0. The molecule has 9 heavy (non-hydrogen) atoms. The summed E-state index contributed by atoms with van der Waals surface area (Å²) >= 11 is -0.0871. The molecule has 0 aromatic heterocycles. The van der Waals surface area contributed by atoms with Gasteiger partial charge in [-0.15, -0.1) is 0 Å². The minimum absolute atomic E-state index is 0.0871. The van der Waals surface area contributed by atoms with Crippen LogP contribution in [0.15, 0.2) is 0 Å².